The minimum Gasteiger partial charge on any atom is -0.444 e. The van der Waals surface area contributed by atoms with Gasteiger partial charge >= 0.3 is 6.09 Å². The lowest BCUT2D eigenvalue weighted by atomic mass is 10.0. The van der Waals surface area contributed by atoms with E-state index in [-0.39, 0.29) is 5.91 Å². The van der Waals surface area contributed by atoms with Gasteiger partial charge in [-0.3, -0.25) is 9.69 Å². The summed E-state index contributed by atoms with van der Waals surface area (Å²) in [6.07, 6.45) is 2.08. The van der Waals surface area contributed by atoms with Gasteiger partial charge in [0.25, 0.3) is 0 Å². The molecule has 2 amide bonds. The van der Waals surface area contributed by atoms with Gasteiger partial charge in [-0.15, -0.1) is 0 Å². The number of benzene rings is 1. The standard InChI is InChI=1S/C17H24N2O3/c1-17(2,3)22-16(21)19-12-8-7-11-14(19)15(20)18-13-9-5-4-6-10-13/h4-6,9-10,14H,7-8,11-12H2,1-3H3,(H,18,20). The first-order valence-electron chi connectivity index (χ1n) is 7.72. The number of carbonyl (C=O) groups is 2. The summed E-state index contributed by atoms with van der Waals surface area (Å²) in [5.41, 5.74) is 0.178. The van der Waals surface area contributed by atoms with Crippen molar-refractivity contribution in [1.29, 1.82) is 0 Å². The predicted molar refractivity (Wildman–Crippen MR) is 85.7 cm³/mol. The maximum atomic E-state index is 12.5. The minimum atomic E-state index is -0.561. The van der Waals surface area contributed by atoms with Gasteiger partial charge in [-0.2, -0.15) is 0 Å². The minimum absolute atomic E-state index is 0.156. The molecule has 5 heteroatoms. The third-order valence-electron chi connectivity index (χ3n) is 3.47. The van der Waals surface area contributed by atoms with Crippen LogP contribution in [-0.4, -0.2) is 35.1 Å². The van der Waals surface area contributed by atoms with E-state index in [1.54, 1.807) is 4.90 Å². The van der Waals surface area contributed by atoms with E-state index < -0.39 is 17.7 Å². The molecule has 120 valence electrons. The number of anilines is 1. The molecule has 5 nitrogen and oxygen atoms in total. The average molecular weight is 304 g/mol. The van der Waals surface area contributed by atoms with E-state index >= 15 is 0 Å². The largest absolute Gasteiger partial charge is 0.444 e. The van der Waals surface area contributed by atoms with Gasteiger partial charge in [-0.25, -0.2) is 4.79 Å². The van der Waals surface area contributed by atoms with Crippen LogP contribution in [0.25, 0.3) is 0 Å². The number of rotatable bonds is 2. The van der Waals surface area contributed by atoms with Gasteiger partial charge in [0.1, 0.15) is 11.6 Å². The number of nitrogens with one attached hydrogen (secondary N) is 1. The van der Waals surface area contributed by atoms with Gasteiger partial charge in [0.2, 0.25) is 5.91 Å². The van der Waals surface area contributed by atoms with Crippen molar-refractivity contribution < 1.29 is 14.3 Å². The first kappa shape index (κ1) is 16.3. The summed E-state index contributed by atoms with van der Waals surface area (Å²) >= 11 is 0. The Morgan fingerprint density at radius 1 is 1.18 bits per heavy atom. The molecule has 1 heterocycles. The lowest BCUT2D eigenvalue weighted by molar-refractivity contribution is -0.122. The Balaban J connectivity index is 2.05. The average Bonchev–Trinajstić information content (AvgIpc) is 2.46. The quantitative estimate of drug-likeness (QED) is 0.911. The second kappa shape index (κ2) is 6.81. The molecule has 1 aliphatic heterocycles. The van der Waals surface area contributed by atoms with Crippen LogP contribution in [0.3, 0.4) is 0 Å². The predicted octanol–water partition coefficient (Wildman–Crippen LogP) is 3.41. The monoisotopic (exact) mass is 304 g/mol. The number of para-hydroxylation sites is 1. The van der Waals surface area contributed by atoms with Crippen molar-refractivity contribution in [2.75, 3.05) is 11.9 Å². The summed E-state index contributed by atoms with van der Waals surface area (Å²) in [4.78, 5) is 26.3. The van der Waals surface area contributed by atoms with E-state index in [2.05, 4.69) is 5.32 Å². The third-order valence-corrected chi connectivity index (χ3v) is 3.47. The summed E-state index contributed by atoms with van der Waals surface area (Å²) in [5, 5.41) is 2.87. The highest BCUT2D eigenvalue weighted by atomic mass is 16.6. The van der Waals surface area contributed by atoms with E-state index in [9.17, 15) is 9.59 Å². The lowest BCUT2D eigenvalue weighted by Crippen LogP contribution is -2.51. The summed E-state index contributed by atoms with van der Waals surface area (Å²) in [5.74, 6) is -0.156. The molecule has 1 atom stereocenters. The van der Waals surface area contributed by atoms with Gasteiger partial charge in [-0.1, -0.05) is 18.2 Å². The zero-order valence-electron chi connectivity index (χ0n) is 13.5. The molecule has 1 N–H and O–H groups in total. The van der Waals surface area contributed by atoms with Crippen LogP contribution in [0, 0.1) is 0 Å². The van der Waals surface area contributed by atoms with Crippen molar-refractivity contribution in [2.24, 2.45) is 0 Å². The molecule has 2 rings (SSSR count). The van der Waals surface area contributed by atoms with E-state index in [4.69, 9.17) is 4.74 Å². The van der Waals surface area contributed by atoms with Crippen LogP contribution in [-0.2, 0) is 9.53 Å². The zero-order chi connectivity index (χ0) is 16.2. The lowest BCUT2D eigenvalue weighted by Gasteiger charge is -2.35. The van der Waals surface area contributed by atoms with E-state index in [1.165, 1.54) is 0 Å². The number of carbonyl (C=O) groups excluding carboxylic acids is 2. The molecular formula is C17H24N2O3. The van der Waals surface area contributed by atoms with E-state index in [1.807, 2.05) is 51.1 Å². The number of nitrogens with zero attached hydrogens (tertiary/aromatic N) is 1. The van der Waals surface area contributed by atoms with Crippen LogP contribution in [0.15, 0.2) is 30.3 Å². The number of amides is 2. The third kappa shape index (κ3) is 4.48. The first-order chi connectivity index (χ1) is 10.4. The first-order valence-corrected chi connectivity index (χ1v) is 7.72. The second-order valence-electron chi connectivity index (χ2n) is 6.54. The number of hydrogen-bond acceptors (Lipinski definition) is 3. The maximum absolute atomic E-state index is 12.5. The van der Waals surface area contributed by atoms with Gasteiger partial charge in [0, 0.05) is 12.2 Å². The van der Waals surface area contributed by atoms with Gasteiger partial charge < -0.3 is 10.1 Å². The van der Waals surface area contributed by atoms with Crippen LogP contribution in [0.5, 0.6) is 0 Å². The molecule has 1 aliphatic rings. The Morgan fingerprint density at radius 3 is 2.50 bits per heavy atom. The van der Waals surface area contributed by atoms with Gasteiger partial charge in [0.05, 0.1) is 0 Å². The van der Waals surface area contributed by atoms with E-state index in [0.717, 1.165) is 18.5 Å². The van der Waals surface area contributed by atoms with Crippen molar-refractivity contribution in [3.8, 4) is 0 Å². The molecule has 0 saturated carbocycles. The summed E-state index contributed by atoms with van der Waals surface area (Å²) < 4.78 is 5.41. The highest BCUT2D eigenvalue weighted by Crippen LogP contribution is 2.21. The van der Waals surface area contributed by atoms with Crippen molar-refractivity contribution in [3.63, 3.8) is 0 Å². The molecule has 0 aliphatic carbocycles. The molecule has 0 spiro atoms. The molecule has 1 unspecified atom stereocenters. The summed E-state index contributed by atoms with van der Waals surface area (Å²) in [6.45, 7) is 6.04. The maximum Gasteiger partial charge on any atom is 0.410 e. The molecule has 0 bridgehead atoms. The Kier molecular flexibility index (Phi) is 5.06. The fraction of sp³-hybridized carbons (Fsp3) is 0.529. The van der Waals surface area contributed by atoms with Crippen LogP contribution in [0.4, 0.5) is 10.5 Å². The SMILES string of the molecule is CC(C)(C)OC(=O)N1CCCCC1C(=O)Nc1ccccc1. The van der Waals surface area contributed by atoms with Crippen molar-refractivity contribution in [2.45, 2.75) is 51.7 Å². The topological polar surface area (TPSA) is 58.6 Å². The number of piperidine rings is 1. The Hall–Kier alpha value is -2.04. The zero-order valence-corrected chi connectivity index (χ0v) is 13.5. The molecule has 1 aromatic carbocycles. The summed E-state index contributed by atoms with van der Waals surface area (Å²) in [6, 6.07) is 8.81. The number of hydrogen-bond donors (Lipinski definition) is 1. The van der Waals surface area contributed by atoms with Crippen LogP contribution >= 0.6 is 0 Å². The molecule has 1 saturated heterocycles. The highest BCUT2D eigenvalue weighted by molar-refractivity contribution is 5.96. The second-order valence-corrected chi connectivity index (χ2v) is 6.54. The van der Waals surface area contributed by atoms with E-state index in [0.29, 0.717) is 13.0 Å². The molecular weight excluding hydrogens is 280 g/mol. The molecule has 0 radical (unpaired) electrons. The molecule has 0 aromatic heterocycles. The molecule has 1 fully saturated rings. The normalized spacial score (nSPS) is 18.7. The smallest absolute Gasteiger partial charge is 0.410 e. The Morgan fingerprint density at radius 2 is 1.86 bits per heavy atom. The molecule has 22 heavy (non-hydrogen) atoms. The fourth-order valence-corrected chi connectivity index (χ4v) is 2.49. The Labute approximate surface area is 131 Å². The van der Waals surface area contributed by atoms with Crippen molar-refractivity contribution in [1.82, 2.24) is 4.90 Å². The summed E-state index contributed by atoms with van der Waals surface area (Å²) in [7, 11) is 0. The fourth-order valence-electron chi connectivity index (χ4n) is 2.49. The van der Waals surface area contributed by atoms with Crippen LogP contribution < -0.4 is 5.32 Å². The number of likely N-dealkylation sites (tertiary alicyclic amines) is 1. The van der Waals surface area contributed by atoms with Gasteiger partial charge in [0.15, 0.2) is 0 Å². The number of ether oxygens (including phenoxy) is 1. The van der Waals surface area contributed by atoms with Gasteiger partial charge in [-0.05, 0) is 52.2 Å². The molecule has 1 aromatic rings. The van der Waals surface area contributed by atoms with Crippen molar-refractivity contribution in [3.05, 3.63) is 30.3 Å². The van der Waals surface area contributed by atoms with Crippen LogP contribution in [0.1, 0.15) is 40.0 Å². The highest BCUT2D eigenvalue weighted by Gasteiger charge is 2.34. The Bertz CT molecular complexity index is 522. The van der Waals surface area contributed by atoms with Crippen molar-refractivity contribution >= 4 is 17.7 Å². The van der Waals surface area contributed by atoms with Crippen LogP contribution in [0.2, 0.25) is 0 Å².